The maximum atomic E-state index is 13.4. The Morgan fingerprint density at radius 2 is 1.70 bits per heavy atom. The lowest BCUT2D eigenvalue weighted by Gasteiger charge is -2.55. The predicted octanol–water partition coefficient (Wildman–Crippen LogP) is 4.76. The molecule has 3 saturated heterocycles. The van der Waals surface area contributed by atoms with Crippen LogP contribution < -0.4 is 25.2 Å². The molecule has 53 heavy (non-hydrogen) atoms. The molecule has 1 atom stereocenters. The maximum absolute atomic E-state index is 13.4. The molecule has 1 spiro atoms. The SMILES string of the molecule is C/C=C/Cn1cc(-c2cc(OC)c(CN3CCC4(CC3)CN(c3ccc5c(c3)C(=O)N(C3CCC(=O)NC3=O)C5)C4)c(OC)c2)c2cc(C)[nH]c2c1=O. The zero-order valence-corrected chi connectivity index (χ0v) is 30.8. The monoisotopic (exact) mass is 718 g/mol. The molecule has 2 aromatic carbocycles. The number of allylic oxidation sites excluding steroid dienone is 2. The van der Waals surface area contributed by atoms with E-state index in [1.54, 1.807) is 23.7 Å². The van der Waals surface area contributed by atoms with Crippen molar-refractivity contribution in [2.45, 2.75) is 65.2 Å². The van der Waals surface area contributed by atoms with Crippen LogP contribution in [0.3, 0.4) is 0 Å². The van der Waals surface area contributed by atoms with E-state index < -0.39 is 6.04 Å². The standard InChI is InChI=1S/C41H46N6O6/c1-5-6-13-45-22-31(30-16-25(2)42-37(30)40(45)51)27-17-34(52-3)32(35(18-27)53-4)21-44-14-11-41(12-15-44)23-46(24-41)28-8-7-26-20-47(39(50)29(26)19-28)33-9-10-36(48)43-38(33)49/h5-8,16-19,22,33,42H,9-15,20-21,23-24H2,1-4H3,(H,43,48,49)/b6-5+. The van der Waals surface area contributed by atoms with Crippen molar-refractivity contribution in [3.8, 4) is 22.6 Å². The third-order valence-corrected chi connectivity index (χ3v) is 11.7. The lowest BCUT2D eigenvalue weighted by molar-refractivity contribution is -0.136. The Labute approximate surface area is 308 Å². The highest BCUT2D eigenvalue weighted by Crippen LogP contribution is 2.45. The van der Waals surface area contributed by atoms with Crippen LogP contribution in [0.5, 0.6) is 11.5 Å². The number of fused-ring (bicyclic) bond motifs is 2. The Morgan fingerprint density at radius 1 is 0.962 bits per heavy atom. The van der Waals surface area contributed by atoms with Gasteiger partial charge in [-0.2, -0.15) is 0 Å². The fraction of sp³-hybridized carbons (Fsp3) is 0.415. The van der Waals surface area contributed by atoms with Gasteiger partial charge in [0, 0.05) is 78.7 Å². The maximum Gasteiger partial charge on any atom is 0.275 e. The second-order valence-corrected chi connectivity index (χ2v) is 15.0. The van der Waals surface area contributed by atoms with E-state index in [0.717, 1.165) is 89.5 Å². The number of methoxy groups -OCH3 is 2. The number of carbonyl (C=O) groups is 3. The van der Waals surface area contributed by atoms with Crippen molar-refractivity contribution < 1.29 is 23.9 Å². The Balaban J connectivity index is 0.941. The highest BCUT2D eigenvalue weighted by Gasteiger charge is 2.46. The summed E-state index contributed by atoms with van der Waals surface area (Å²) >= 11 is 0. The molecule has 12 heteroatoms. The van der Waals surface area contributed by atoms with E-state index in [-0.39, 0.29) is 35.1 Å². The molecule has 2 N–H and O–H groups in total. The van der Waals surface area contributed by atoms with Crippen LogP contribution in [0.2, 0.25) is 0 Å². The summed E-state index contributed by atoms with van der Waals surface area (Å²) in [7, 11) is 3.39. The average molecular weight is 719 g/mol. The molecular formula is C41H46N6O6. The lowest BCUT2D eigenvalue weighted by atomic mass is 9.71. The molecule has 0 radical (unpaired) electrons. The van der Waals surface area contributed by atoms with Gasteiger partial charge in [0.15, 0.2) is 0 Å². The Morgan fingerprint density at radius 3 is 2.38 bits per heavy atom. The number of ether oxygens (including phenoxy) is 2. The van der Waals surface area contributed by atoms with Crippen LogP contribution in [0.25, 0.3) is 22.0 Å². The number of carbonyl (C=O) groups excluding carboxylic acids is 3. The predicted molar refractivity (Wildman–Crippen MR) is 202 cm³/mol. The number of aromatic amines is 1. The Kier molecular flexibility index (Phi) is 8.88. The van der Waals surface area contributed by atoms with Crippen molar-refractivity contribution in [3.05, 3.63) is 87.5 Å². The first-order valence-electron chi connectivity index (χ1n) is 18.4. The number of piperidine rings is 2. The van der Waals surface area contributed by atoms with E-state index in [1.807, 2.05) is 50.4 Å². The van der Waals surface area contributed by atoms with Gasteiger partial charge in [0.1, 0.15) is 23.1 Å². The smallest absolute Gasteiger partial charge is 0.275 e. The number of nitrogens with one attached hydrogen (secondary N) is 2. The van der Waals surface area contributed by atoms with E-state index >= 15 is 0 Å². The highest BCUT2D eigenvalue weighted by atomic mass is 16.5. The molecule has 2 aromatic heterocycles. The largest absolute Gasteiger partial charge is 0.496 e. The molecule has 276 valence electrons. The van der Waals surface area contributed by atoms with Crippen molar-refractivity contribution >= 4 is 34.3 Å². The number of rotatable bonds is 9. The number of hydrogen-bond donors (Lipinski definition) is 2. The fourth-order valence-corrected chi connectivity index (χ4v) is 8.69. The molecule has 4 aromatic rings. The second-order valence-electron chi connectivity index (χ2n) is 15.0. The van der Waals surface area contributed by atoms with Gasteiger partial charge in [-0.05, 0) is 87.7 Å². The zero-order valence-electron chi connectivity index (χ0n) is 30.8. The molecule has 3 amide bonds. The molecule has 0 bridgehead atoms. The number of H-pyrrole nitrogens is 1. The number of hydrogen-bond acceptors (Lipinski definition) is 8. The van der Waals surface area contributed by atoms with Gasteiger partial charge in [0.2, 0.25) is 11.8 Å². The average Bonchev–Trinajstić information content (AvgIpc) is 3.70. The molecule has 12 nitrogen and oxygen atoms in total. The van der Waals surface area contributed by atoms with Gasteiger partial charge in [-0.15, -0.1) is 0 Å². The second kappa shape index (κ2) is 13.6. The molecule has 1 unspecified atom stereocenters. The van der Waals surface area contributed by atoms with E-state index in [4.69, 9.17) is 9.47 Å². The third-order valence-electron chi connectivity index (χ3n) is 11.7. The van der Waals surface area contributed by atoms with Gasteiger partial charge in [-0.1, -0.05) is 18.2 Å². The number of anilines is 1. The summed E-state index contributed by atoms with van der Waals surface area (Å²) in [5.41, 5.74) is 7.16. The summed E-state index contributed by atoms with van der Waals surface area (Å²) < 4.78 is 13.7. The molecule has 6 heterocycles. The fourth-order valence-electron chi connectivity index (χ4n) is 8.69. The van der Waals surface area contributed by atoms with Crippen LogP contribution in [-0.2, 0) is 29.2 Å². The number of aromatic nitrogens is 2. The first kappa shape index (κ1) is 34.7. The van der Waals surface area contributed by atoms with E-state index in [9.17, 15) is 19.2 Å². The number of imide groups is 1. The van der Waals surface area contributed by atoms with Crippen LogP contribution >= 0.6 is 0 Å². The minimum absolute atomic E-state index is 0.0521. The van der Waals surface area contributed by atoms with Gasteiger partial charge in [0.05, 0.1) is 19.8 Å². The summed E-state index contributed by atoms with van der Waals surface area (Å²) in [4.78, 5) is 60.4. The molecule has 8 rings (SSSR count). The Hall–Kier alpha value is -5.36. The molecule has 4 aliphatic heterocycles. The van der Waals surface area contributed by atoms with Crippen LogP contribution in [0.15, 0.2) is 59.5 Å². The molecular weight excluding hydrogens is 672 g/mol. The quantitative estimate of drug-likeness (QED) is 0.187. The van der Waals surface area contributed by atoms with Crippen LogP contribution in [0.1, 0.15) is 59.8 Å². The van der Waals surface area contributed by atoms with Gasteiger partial charge in [-0.25, -0.2) is 0 Å². The van der Waals surface area contributed by atoms with Gasteiger partial charge < -0.3 is 28.8 Å². The lowest BCUT2D eigenvalue weighted by Crippen LogP contribution is -2.60. The van der Waals surface area contributed by atoms with E-state index in [1.165, 1.54) is 0 Å². The van der Waals surface area contributed by atoms with Gasteiger partial charge >= 0.3 is 0 Å². The molecule has 3 fully saturated rings. The molecule has 4 aliphatic rings. The van der Waals surface area contributed by atoms with E-state index in [0.29, 0.717) is 37.1 Å². The first-order chi connectivity index (χ1) is 25.6. The third kappa shape index (κ3) is 6.18. The van der Waals surface area contributed by atoms with Crippen LogP contribution in [0, 0.1) is 12.3 Å². The molecule has 0 saturated carbocycles. The number of amides is 3. The van der Waals surface area contributed by atoms with Crippen LogP contribution in [0.4, 0.5) is 5.69 Å². The van der Waals surface area contributed by atoms with Crippen molar-refractivity contribution in [2.24, 2.45) is 5.41 Å². The summed E-state index contributed by atoms with van der Waals surface area (Å²) in [6, 6.07) is 11.6. The van der Waals surface area contributed by atoms with Crippen LogP contribution in [-0.4, -0.2) is 83.5 Å². The van der Waals surface area contributed by atoms with Gasteiger partial charge in [0.25, 0.3) is 11.5 Å². The topological polar surface area (TPSA) is 129 Å². The van der Waals surface area contributed by atoms with Crippen molar-refractivity contribution in [2.75, 3.05) is 45.3 Å². The highest BCUT2D eigenvalue weighted by molar-refractivity contribution is 6.05. The number of pyridine rings is 1. The summed E-state index contributed by atoms with van der Waals surface area (Å²) in [6.45, 7) is 9.25. The number of benzene rings is 2. The normalized spacial score (nSPS) is 20.0. The van der Waals surface area contributed by atoms with Crippen molar-refractivity contribution in [1.29, 1.82) is 0 Å². The Bertz CT molecular complexity index is 2190. The number of likely N-dealkylation sites (tertiary alicyclic amines) is 1. The first-order valence-corrected chi connectivity index (χ1v) is 18.4. The van der Waals surface area contributed by atoms with Gasteiger partial charge in [-0.3, -0.25) is 29.4 Å². The van der Waals surface area contributed by atoms with E-state index in [2.05, 4.69) is 38.3 Å². The number of aryl methyl sites for hydroxylation is 1. The minimum Gasteiger partial charge on any atom is -0.496 e. The zero-order chi connectivity index (χ0) is 37.0. The van der Waals surface area contributed by atoms with Crippen molar-refractivity contribution in [1.82, 2.24) is 24.7 Å². The summed E-state index contributed by atoms with van der Waals surface area (Å²) in [5.74, 6) is 0.698. The molecule has 0 aliphatic carbocycles. The van der Waals surface area contributed by atoms with Crippen molar-refractivity contribution in [3.63, 3.8) is 0 Å². The summed E-state index contributed by atoms with van der Waals surface area (Å²) in [5, 5.41) is 3.25. The minimum atomic E-state index is -0.608. The number of nitrogens with zero attached hydrogens (tertiary/aromatic N) is 4. The summed E-state index contributed by atoms with van der Waals surface area (Å²) in [6.07, 6.45) is 8.58.